The molecular formula is C6H10N4O2S. The minimum atomic E-state index is -2.82. The normalized spacial score (nSPS) is 35.7. The summed E-state index contributed by atoms with van der Waals surface area (Å²) >= 11 is 0. The number of nitrogens with zero attached hydrogens (tertiary/aromatic N) is 3. The molecule has 1 N–H and O–H groups in total. The molecule has 2 atom stereocenters. The second-order valence-corrected chi connectivity index (χ2v) is 5.36. The zero-order valence-corrected chi connectivity index (χ0v) is 7.74. The molecule has 72 valence electrons. The maximum absolute atomic E-state index is 11.1. The summed E-state index contributed by atoms with van der Waals surface area (Å²) in [5.74, 6) is 0.451. The van der Waals surface area contributed by atoms with Gasteiger partial charge in [0.05, 0.1) is 11.5 Å². The quantitative estimate of drug-likeness (QED) is 0.657. The number of hydrogen-bond donors (Lipinski definition) is 1. The van der Waals surface area contributed by atoms with E-state index in [0.717, 1.165) is 0 Å². The van der Waals surface area contributed by atoms with E-state index in [4.69, 9.17) is 0 Å². The number of nitrogens with one attached hydrogen (secondary N) is 1. The largest absolute Gasteiger partial charge is 0.272 e. The molecule has 2 aliphatic heterocycles. The number of aliphatic imine (C=N–C) groups is 1. The Morgan fingerprint density at radius 3 is 2.85 bits per heavy atom. The van der Waals surface area contributed by atoms with Gasteiger partial charge in [-0.3, -0.25) is 5.32 Å². The van der Waals surface area contributed by atoms with Gasteiger partial charge in [-0.15, -0.1) is 10.2 Å². The van der Waals surface area contributed by atoms with Crippen LogP contribution in [0.4, 0.5) is 0 Å². The molecular weight excluding hydrogens is 192 g/mol. The molecule has 2 heterocycles. The maximum Gasteiger partial charge on any atom is 0.215 e. The van der Waals surface area contributed by atoms with Crippen LogP contribution in [0.3, 0.4) is 0 Å². The van der Waals surface area contributed by atoms with Crippen LogP contribution < -0.4 is 5.32 Å². The van der Waals surface area contributed by atoms with E-state index >= 15 is 0 Å². The minimum absolute atomic E-state index is 0.0239. The van der Waals surface area contributed by atoms with Gasteiger partial charge in [-0.2, -0.15) is 0 Å². The molecule has 0 radical (unpaired) electrons. The fraction of sp³-hybridized carbons (Fsp3) is 0.833. The molecule has 1 saturated heterocycles. The molecule has 0 amide bonds. The van der Waals surface area contributed by atoms with Gasteiger partial charge >= 0.3 is 0 Å². The Morgan fingerprint density at radius 1 is 1.46 bits per heavy atom. The monoisotopic (exact) mass is 202 g/mol. The van der Waals surface area contributed by atoms with Crippen molar-refractivity contribution in [1.82, 2.24) is 5.32 Å². The lowest BCUT2D eigenvalue weighted by atomic mass is 10.3. The first-order valence-electron chi connectivity index (χ1n) is 4.04. The topological polar surface area (TPSA) is 83.2 Å². The van der Waals surface area contributed by atoms with Gasteiger partial charge in [-0.1, -0.05) is 0 Å². The lowest BCUT2D eigenvalue weighted by Crippen LogP contribution is -2.36. The molecule has 0 unspecified atom stereocenters. The summed E-state index contributed by atoms with van der Waals surface area (Å²) in [5.41, 5.74) is 0. The van der Waals surface area contributed by atoms with Crippen molar-refractivity contribution in [2.24, 2.45) is 15.2 Å². The summed E-state index contributed by atoms with van der Waals surface area (Å²) < 4.78 is 22.2. The third-order valence-corrected chi connectivity index (χ3v) is 3.82. The molecule has 0 bridgehead atoms. The predicted octanol–water partition coefficient (Wildman–Crippen LogP) is -0.459. The van der Waals surface area contributed by atoms with Crippen LogP contribution in [0, 0.1) is 0 Å². The SMILES string of the molecule is O=S1(=O)CC[C@@H](N[C@H]2N=CN=N2)C1. The Hall–Kier alpha value is -0.820. The maximum atomic E-state index is 11.1. The molecule has 7 heteroatoms. The molecule has 2 aliphatic rings. The van der Waals surface area contributed by atoms with Crippen LogP contribution in [0.25, 0.3) is 0 Å². The van der Waals surface area contributed by atoms with Crippen molar-refractivity contribution in [1.29, 1.82) is 0 Å². The Labute approximate surface area is 76.1 Å². The van der Waals surface area contributed by atoms with Crippen LogP contribution in [0.15, 0.2) is 15.2 Å². The zero-order chi connectivity index (χ0) is 9.31. The van der Waals surface area contributed by atoms with Crippen LogP contribution in [-0.2, 0) is 9.84 Å². The van der Waals surface area contributed by atoms with Crippen molar-refractivity contribution in [3.8, 4) is 0 Å². The van der Waals surface area contributed by atoms with Crippen molar-refractivity contribution < 1.29 is 8.42 Å². The van der Waals surface area contributed by atoms with Crippen molar-refractivity contribution >= 4 is 16.2 Å². The smallest absolute Gasteiger partial charge is 0.215 e. The molecule has 0 spiro atoms. The zero-order valence-electron chi connectivity index (χ0n) is 6.92. The average molecular weight is 202 g/mol. The van der Waals surface area contributed by atoms with Crippen LogP contribution in [0.1, 0.15) is 6.42 Å². The molecule has 6 nitrogen and oxygen atoms in total. The van der Waals surface area contributed by atoms with Crippen LogP contribution in [0.5, 0.6) is 0 Å². The fourth-order valence-corrected chi connectivity index (χ4v) is 3.12. The van der Waals surface area contributed by atoms with Gasteiger partial charge in [0.2, 0.25) is 6.29 Å². The second kappa shape index (κ2) is 3.15. The Kier molecular flexibility index (Phi) is 2.12. The first-order chi connectivity index (χ1) is 6.16. The van der Waals surface area contributed by atoms with E-state index < -0.39 is 9.84 Å². The first kappa shape index (κ1) is 8.76. The molecule has 0 aromatic rings. The van der Waals surface area contributed by atoms with Crippen LogP contribution in [0.2, 0.25) is 0 Å². The third-order valence-electron chi connectivity index (χ3n) is 2.05. The third kappa shape index (κ3) is 2.10. The second-order valence-electron chi connectivity index (χ2n) is 3.14. The van der Waals surface area contributed by atoms with Crippen LogP contribution in [-0.4, -0.2) is 38.6 Å². The average Bonchev–Trinajstić information content (AvgIpc) is 2.61. The van der Waals surface area contributed by atoms with Gasteiger partial charge < -0.3 is 0 Å². The molecule has 0 aliphatic carbocycles. The van der Waals surface area contributed by atoms with E-state index in [9.17, 15) is 8.42 Å². The number of sulfone groups is 1. The van der Waals surface area contributed by atoms with Gasteiger partial charge in [0, 0.05) is 6.04 Å². The van der Waals surface area contributed by atoms with E-state index in [1.165, 1.54) is 6.34 Å². The number of hydrogen-bond acceptors (Lipinski definition) is 6. The van der Waals surface area contributed by atoms with E-state index in [1.54, 1.807) is 0 Å². The molecule has 13 heavy (non-hydrogen) atoms. The van der Waals surface area contributed by atoms with Crippen molar-refractivity contribution in [3.63, 3.8) is 0 Å². The van der Waals surface area contributed by atoms with E-state index in [1.807, 2.05) is 0 Å². The van der Waals surface area contributed by atoms with Crippen molar-refractivity contribution in [2.45, 2.75) is 18.8 Å². The van der Waals surface area contributed by atoms with E-state index in [-0.39, 0.29) is 23.8 Å². The summed E-state index contributed by atoms with van der Waals surface area (Å²) in [6, 6.07) is -0.0239. The lowest BCUT2D eigenvalue weighted by molar-refractivity contribution is 0.470. The molecule has 0 saturated carbocycles. The Bertz CT molecular complexity index is 336. The molecule has 2 rings (SSSR count). The summed E-state index contributed by atoms with van der Waals surface area (Å²) in [4.78, 5) is 3.88. The molecule has 0 aromatic heterocycles. The first-order valence-corrected chi connectivity index (χ1v) is 5.86. The van der Waals surface area contributed by atoms with Gasteiger partial charge in [-0.25, -0.2) is 13.4 Å². The lowest BCUT2D eigenvalue weighted by Gasteiger charge is -2.11. The predicted molar refractivity (Wildman–Crippen MR) is 47.3 cm³/mol. The van der Waals surface area contributed by atoms with Gasteiger partial charge in [0.25, 0.3) is 0 Å². The van der Waals surface area contributed by atoms with Gasteiger partial charge in [0.15, 0.2) is 9.84 Å². The van der Waals surface area contributed by atoms with Crippen molar-refractivity contribution in [2.75, 3.05) is 11.5 Å². The minimum Gasteiger partial charge on any atom is -0.272 e. The fourth-order valence-electron chi connectivity index (χ4n) is 1.43. The van der Waals surface area contributed by atoms with Gasteiger partial charge in [-0.05, 0) is 6.42 Å². The highest BCUT2D eigenvalue weighted by atomic mass is 32.2. The van der Waals surface area contributed by atoms with Crippen molar-refractivity contribution in [3.05, 3.63) is 0 Å². The standard InChI is InChI=1S/C6H10N4O2S/c11-13(12)2-1-5(3-13)9-6-7-4-8-10-6/h4-6,9H,1-3H2/t5-,6-/m1/s1. The molecule has 0 aromatic carbocycles. The summed E-state index contributed by atoms with van der Waals surface area (Å²) in [5, 5.41) is 10.3. The highest BCUT2D eigenvalue weighted by Gasteiger charge is 2.29. The molecule has 1 fully saturated rings. The summed E-state index contributed by atoms with van der Waals surface area (Å²) in [6.45, 7) is 0. The Morgan fingerprint density at radius 2 is 2.31 bits per heavy atom. The summed E-state index contributed by atoms with van der Waals surface area (Å²) in [7, 11) is -2.82. The number of azo groups is 1. The van der Waals surface area contributed by atoms with Gasteiger partial charge in [0.1, 0.15) is 6.34 Å². The van der Waals surface area contributed by atoms with Crippen LogP contribution >= 0.6 is 0 Å². The summed E-state index contributed by atoms with van der Waals surface area (Å²) in [6.07, 6.45) is 1.63. The Balaban J connectivity index is 1.91. The highest BCUT2D eigenvalue weighted by molar-refractivity contribution is 7.91. The number of rotatable bonds is 2. The van der Waals surface area contributed by atoms with E-state index in [2.05, 4.69) is 20.5 Å². The highest BCUT2D eigenvalue weighted by Crippen LogP contribution is 2.12. The van der Waals surface area contributed by atoms with E-state index in [0.29, 0.717) is 6.42 Å².